The molecule has 0 amide bonds. The lowest BCUT2D eigenvalue weighted by atomic mass is 9.85. The van der Waals surface area contributed by atoms with Crippen LogP contribution in [0.2, 0.25) is 19.6 Å². The lowest BCUT2D eigenvalue weighted by Crippen LogP contribution is -2.41. The zero-order valence-electron chi connectivity index (χ0n) is 18.2. The average Bonchev–Trinajstić information content (AvgIpc) is 2.61. The number of rotatable bonds is 4. The Morgan fingerprint density at radius 1 is 1.08 bits per heavy atom. The van der Waals surface area contributed by atoms with Gasteiger partial charge in [0.15, 0.2) is 0 Å². The number of aryl methyl sites for hydroxylation is 1. The van der Waals surface area contributed by atoms with E-state index in [-0.39, 0.29) is 0 Å². The highest BCUT2D eigenvalue weighted by molar-refractivity contribution is 6.89. The van der Waals surface area contributed by atoms with Crippen molar-refractivity contribution >= 4 is 13.3 Å². The predicted octanol–water partition coefficient (Wildman–Crippen LogP) is 5.73. The van der Waals surface area contributed by atoms with Crippen molar-refractivity contribution in [3.63, 3.8) is 0 Å². The maximum atomic E-state index is 7.54. The van der Waals surface area contributed by atoms with Crippen molar-refractivity contribution in [1.82, 2.24) is 4.98 Å². The Morgan fingerprint density at radius 3 is 2.42 bits per heavy atom. The van der Waals surface area contributed by atoms with Crippen molar-refractivity contribution in [3.8, 4) is 11.3 Å². The topological polar surface area (TPSA) is 12.9 Å². The highest BCUT2D eigenvalue weighted by atomic mass is 28.3. The van der Waals surface area contributed by atoms with Gasteiger partial charge in [0.05, 0.1) is 13.8 Å². The summed E-state index contributed by atoms with van der Waals surface area (Å²) >= 11 is 0. The third-order valence-electron chi connectivity index (χ3n) is 5.21. The molecule has 1 fully saturated rings. The molecule has 1 heterocycles. The van der Waals surface area contributed by atoms with Crippen LogP contribution in [0.3, 0.4) is 0 Å². The fourth-order valence-electron chi connectivity index (χ4n) is 3.84. The zero-order chi connectivity index (χ0) is 19.7. The van der Waals surface area contributed by atoms with E-state index < -0.39 is 14.9 Å². The Kier molecular flexibility index (Phi) is 4.16. The van der Waals surface area contributed by atoms with Gasteiger partial charge in [-0.3, -0.25) is 4.98 Å². The Labute approximate surface area is 152 Å². The van der Waals surface area contributed by atoms with Gasteiger partial charge in [-0.15, -0.1) is 0 Å². The molecule has 1 aliphatic carbocycles. The molecule has 128 valence electrons. The molecule has 1 aromatic heterocycles. The minimum Gasteiger partial charge on any atom is -0.256 e. The number of benzene rings is 1. The monoisotopic (exact) mass is 340 g/mol. The summed E-state index contributed by atoms with van der Waals surface area (Å²) in [7, 11) is -1.46. The third kappa shape index (κ3) is 4.16. The van der Waals surface area contributed by atoms with Crippen LogP contribution in [-0.4, -0.2) is 13.1 Å². The predicted molar refractivity (Wildman–Crippen MR) is 108 cm³/mol. The molecule has 0 unspecified atom stereocenters. The van der Waals surface area contributed by atoms with Crippen molar-refractivity contribution < 1.29 is 4.11 Å². The summed E-state index contributed by atoms with van der Waals surface area (Å²) in [5, 5.41) is 1.47. The van der Waals surface area contributed by atoms with Gasteiger partial charge in [0.1, 0.15) is 0 Å². The number of aromatic nitrogens is 1. The van der Waals surface area contributed by atoms with Crippen LogP contribution in [0.15, 0.2) is 36.5 Å². The van der Waals surface area contributed by atoms with Crippen LogP contribution in [0.1, 0.15) is 47.3 Å². The lowest BCUT2D eigenvalue weighted by Gasteiger charge is -2.26. The fraction of sp³-hybridized carbons (Fsp3) is 0.500. The molecule has 0 radical (unpaired) electrons. The summed E-state index contributed by atoms with van der Waals surface area (Å²) < 4.78 is 22.6. The second kappa shape index (κ2) is 7.22. The fourth-order valence-corrected chi connectivity index (χ4v) is 5.43. The molecule has 1 aliphatic rings. The average molecular weight is 341 g/mol. The molecule has 24 heavy (non-hydrogen) atoms. The van der Waals surface area contributed by atoms with Gasteiger partial charge < -0.3 is 0 Å². The molecule has 0 bridgehead atoms. The maximum Gasteiger partial charge on any atom is 0.0799 e. The molecule has 1 nitrogen and oxygen atoms in total. The second-order valence-corrected chi connectivity index (χ2v) is 13.3. The van der Waals surface area contributed by atoms with E-state index in [9.17, 15) is 0 Å². The van der Waals surface area contributed by atoms with Crippen LogP contribution in [0, 0.1) is 12.8 Å². The zero-order valence-corrected chi connectivity index (χ0v) is 16.2. The molecule has 0 N–H and O–H groups in total. The van der Waals surface area contributed by atoms with Crippen LogP contribution in [0.4, 0.5) is 0 Å². The molecule has 1 aromatic carbocycles. The normalized spacial score (nSPS) is 18.7. The number of nitrogens with zero attached hydrogens (tertiary/aromatic N) is 1. The molecule has 0 aliphatic heterocycles. The van der Waals surface area contributed by atoms with E-state index in [0.717, 1.165) is 23.6 Å². The largest absolute Gasteiger partial charge is 0.256 e. The standard InChI is InChI=1S/C22H31NSi/c1-17-10-12-19(13-11-17)21-15-20(14-18-8-6-5-7-9-18)22(16-23-21)24(2,3)4/h10-13,15-16,18H,5-9,14H2,1-4H3/i1D3. The first kappa shape index (κ1) is 13.8. The molecule has 0 atom stereocenters. The third-order valence-corrected chi connectivity index (χ3v) is 7.28. The van der Waals surface area contributed by atoms with Crippen LogP contribution >= 0.6 is 0 Å². The van der Waals surface area contributed by atoms with E-state index in [2.05, 4.69) is 31.9 Å². The summed E-state index contributed by atoms with van der Waals surface area (Å²) in [4.78, 5) is 4.76. The Hall–Kier alpha value is -1.41. The van der Waals surface area contributed by atoms with Gasteiger partial charge in [0, 0.05) is 15.9 Å². The first-order valence-corrected chi connectivity index (χ1v) is 12.7. The molecular formula is C22H31NSi. The van der Waals surface area contributed by atoms with Gasteiger partial charge in [0.25, 0.3) is 0 Å². The number of hydrogen-bond donors (Lipinski definition) is 0. The van der Waals surface area contributed by atoms with Crippen molar-refractivity contribution in [2.75, 3.05) is 0 Å². The summed E-state index contributed by atoms with van der Waals surface area (Å²) in [6, 6.07) is 9.46. The smallest absolute Gasteiger partial charge is 0.0799 e. The number of hydrogen-bond acceptors (Lipinski definition) is 1. The summed E-state index contributed by atoms with van der Waals surface area (Å²) in [6.45, 7) is 5.11. The Bertz CT molecular complexity index is 770. The highest BCUT2D eigenvalue weighted by Crippen LogP contribution is 2.28. The van der Waals surface area contributed by atoms with Gasteiger partial charge in [-0.1, -0.05) is 81.6 Å². The van der Waals surface area contributed by atoms with Crippen LogP contribution in [-0.2, 0) is 6.42 Å². The first-order chi connectivity index (χ1) is 12.6. The lowest BCUT2D eigenvalue weighted by molar-refractivity contribution is 0.357. The van der Waals surface area contributed by atoms with Crippen LogP contribution in [0.5, 0.6) is 0 Å². The maximum absolute atomic E-state index is 7.54. The van der Waals surface area contributed by atoms with Crippen molar-refractivity contribution in [2.24, 2.45) is 5.92 Å². The van der Waals surface area contributed by atoms with Crippen LogP contribution in [0.25, 0.3) is 11.3 Å². The minimum absolute atomic E-state index is 0.382. The highest BCUT2D eigenvalue weighted by Gasteiger charge is 2.23. The van der Waals surface area contributed by atoms with Gasteiger partial charge in [-0.2, -0.15) is 0 Å². The van der Waals surface area contributed by atoms with E-state index >= 15 is 0 Å². The van der Waals surface area contributed by atoms with E-state index in [1.807, 2.05) is 12.1 Å². The molecular weight excluding hydrogens is 306 g/mol. The van der Waals surface area contributed by atoms with Crippen molar-refractivity contribution in [3.05, 3.63) is 47.7 Å². The summed E-state index contributed by atoms with van der Waals surface area (Å²) in [6.07, 6.45) is 10.0. The Balaban J connectivity index is 1.93. The Morgan fingerprint density at radius 2 is 1.79 bits per heavy atom. The van der Waals surface area contributed by atoms with Gasteiger partial charge in [0.2, 0.25) is 0 Å². The molecule has 3 rings (SSSR count). The summed E-state index contributed by atoms with van der Waals surface area (Å²) in [5.41, 5.74) is 3.80. The SMILES string of the molecule is [2H]C([2H])([2H])c1ccc(-c2cc(CC3CCCCC3)c([Si](C)(C)C)cn2)cc1. The second-order valence-electron chi connectivity index (χ2n) is 8.26. The van der Waals surface area contributed by atoms with Crippen LogP contribution < -0.4 is 5.19 Å². The molecule has 1 saturated carbocycles. The van der Waals surface area contributed by atoms with Crippen molar-refractivity contribution in [2.45, 2.75) is 65.0 Å². The van der Waals surface area contributed by atoms with E-state index in [1.165, 1.54) is 42.9 Å². The number of pyridine rings is 1. The van der Waals surface area contributed by atoms with E-state index in [0.29, 0.717) is 5.56 Å². The van der Waals surface area contributed by atoms with Gasteiger partial charge in [-0.25, -0.2) is 0 Å². The quantitative estimate of drug-likeness (QED) is 0.648. The molecule has 2 aromatic rings. The van der Waals surface area contributed by atoms with Crippen molar-refractivity contribution in [1.29, 1.82) is 0 Å². The van der Waals surface area contributed by atoms with E-state index in [4.69, 9.17) is 9.10 Å². The molecule has 2 heteroatoms. The summed E-state index contributed by atoms with van der Waals surface area (Å²) in [5.74, 6) is 0.794. The minimum atomic E-state index is -2.06. The van der Waals surface area contributed by atoms with E-state index in [1.54, 1.807) is 12.1 Å². The molecule has 0 saturated heterocycles. The van der Waals surface area contributed by atoms with Gasteiger partial charge in [-0.05, 0) is 36.0 Å². The molecule has 0 spiro atoms. The van der Waals surface area contributed by atoms with Gasteiger partial charge >= 0.3 is 0 Å². The first-order valence-electron chi connectivity index (χ1n) is 10.7.